The molecule has 0 aliphatic rings. The van der Waals surface area contributed by atoms with Crippen molar-refractivity contribution in [2.75, 3.05) is 0 Å². The molecule has 1 N–H and O–H groups in total. The molecular formula is C23H24N4O. The second-order valence-corrected chi connectivity index (χ2v) is 8.22. The Morgan fingerprint density at radius 1 is 1.00 bits per heavy atom. The van der Waals surface area contributed by atoms with Crippen LogP contribution in [0.25, 0.3) is 21.8 Å². The van der Waals surface area contributed by atoms with Crippen LogP contribution in [0.1, 0.15) is 32.5 Å². The van der Waals surface area contributed by atoms with E-state index < -0.39 is 0 Å². The zero-order valence-electron chi connectivity index (χ0n) is 16.4. The van der Waals surface area contributed by atoms with E-state index in [2.05, 4.69) is 60.7 Å². The highest BCUT2D eigenvalue weighted by molar-refractivity contribution is 5.85. The molecule has 1 atom stereocenters. The Balaban J connectivity index is 1.59. The van der Waals surface area contributed by atoms with Gasteiger partial charge in [0.15, 0.2) is 0 Å². The highest BCUT2D eigenvalue weighted by Crippen LogP contribution is 2.30. The molecule has 1 unspecified atom stereocenters. The van der Waals surface area contributed by atoms with E-state index in [4.69, 9.17) is 0 Å². The molecule has 0 saturated carbocycles. The monoisotopic (exact) mass is 372 g/mol. The highest BCUT2D eigenvalue weighted by Gasteiger charge is 2.30. The van der Waals surface area contributed by atoms with Crippen molar-refractivity contribution in [2.24, 2.45) is 5.41 Å². The van der Waals surface area contributed by atoms with Gasteiger partial charge in [-0.2, -0.15) is 0 Å². The molecular weight excluding hydrogens is 348 g/mol. The van der Waals surface area contributed by atoms with Crippen molar-refractivity contribution in [2.45, 2.75) is 33.4 Å². The fraction of sp³-hybridized carbons (Fsp3) is 0.261. The summed E-state index contributed by atoms with van der Waals surface area (Å²) in [4.78, 5) is 12.9. The first-order chi connectivity index (χ1) is 13.4. The Labute approximate surface area is 164 Å². The number of hydrogen-bond donors (Lipinski definition) is 1. The fourth-order valence-corrected chi connectivity index (χ4v) is 3.46. The molecule has 0 saturated heterocycles. The van der Waals surface area contributed by atoms with Gasteiger partial charge in [0.25, 0.3) is 0 Å². The van der Waals surface area contributed by atoms with Crippen LogP contribution in [-0.4, -0.2) is 20.9 Å². The maximum Gasteiger partial charge on any atom is 0.226 e. The van der Waals surface area contributed by atoms with Gasteiger partial charge in [0.05, 0.1) is 11.9 Å². The van der Waals surface area contributed by atoms with E-state index in [1.54, 1.807) is 0 Å². The number of amides is 1. The molecule has 1 amide bonds. The second-order valence-electron chi connectivity index (χ2n) is 8.22. The molecule has 0 aliphatic carbocycles. The first-order valence-electron chi connectivity index (χ1n) is 9.49. The maximum absolute atomic E-state index is 12.9. The third kappa shape index (κ3) is 3.60. The van der Waals surface area contributed by atoms with Crippen molar-refractivity contribution >= 4 is 27.7 Å². The van der Waals surface area contributed by atoms with Crippen molar-refractivity contribution in [3.05, 3.63) is 72.3 Å². The Hall–Kier alpha value is -3.21. The average Bonchev–Trinajstić information content (AvgIpc) is 3.09. The van der Waals surface area contributed by atoms with E-state index in [0.717, 1.165) is 22.0 Å². The van der Waals surface area contributed by atoms with Crippen molar-refractivity contribution in [3.8, 4) is 0 Å². The molecule has 5 nitrogen and oxygen atoms in total. The van der Waals surface area contributed by atoms with Crippen LogP contribution < -0.4 is 5.32 Å². The zero-order valence-corrected chi connectivity index (χ0v) is 16.4. The molecule has 1 aromatic heterocycles. The van der Waals surface area contributed by atoms with Gasteiger partial charge in [-0.25, -0.2) is 4.68 Å². The summed E-state index contributed by atoms with van der Waals surface area (Å²) in [6.07, 6.45) is 0.0252. The van der Waals surface area contributed by atoms with Crippen molar-refractivity contribution in [3.63, 3.8) is 0 Å². The van der Waals surface area contributed by atoms with Gasteiger partial charge in [0.1, 0.15) is 11.7 Å². The Kier molecular flexibility index (Phi) is 4.59. The standard InChI is InChI=1S/C23H24N4O/c1-23(2,3)22(27-20-11-7-6-10-19(20)25-26-27)24-21(28)15-16-12-13-17-8-4-5-9-18(17)14-16/h4-14,22H,15H2,1-3H3,(H,24,28). The van der Waals surface area contributed by atoms with Crippen LogP contribution in [0.15, 0.2) is 66.7 Å². The minimum atomic E-state index is -0.298. The largest absolute Gasteiger partial charge is 0.333 e. The molecule has 0 spiro atoms. The Morgan fingerprint density at radius 3 is 2.50 bits per heavy atom. The van der Waals surface area contributed by atoms with Crippen LogP contribution in [0.5, 0.6) is 0 Å². The van der Waals surface area contributed by atoms with E-state index in [1.807, 2.05) is 47.1 Å². The van der Waals surface area contributed by atoms with Crippen LogP contribution >= 0.6 is 0 Å². The van der Waals surface area contributed by atoms with E-state index in [9.17, 15) is 4.79 Å². The third-order valence-corrected chi connectivity index (χ3v) is 4.92. The van der Waals surface area contributed by atoms with Crippen molar-refractivity contribution in [1.82, 2.24) is 20.3 Å². The summed E-state index contributed by atoms with van der Waals surface area (Å²) in [5, 5.41) is 14.0. The lowest BCUT2D eigenvalue weighted by atomic mass is 9.91. The number of rotatable bonds is 4. The van der Waals surface area contributed by atoms with Crippen LogP contribution in [0.4, 0.5) is 0 Å². The van der Waals surface area contributed by atoms with Gasteiger partial charge in [0.2, 0.25) is 5.91 Å². The van der Waals surface area contributed by atoms with Gasteiger partial charge in [-0.1, -0.05) is 80.6 Å². The van der Waals surface area contributed by atoms with Crippen LogP contribution in [-0.2, 0) is 11.2 Å². The Morgan fingerprint density at radius 2 is 1.71 bits per heavy atom. The molecule has 3 aromatic carbocycles. The summed E-state index contributed by atoms with van der Waals surface area (Å²) in [5.41, 5.74) is 2.50. The first kappa shape index (κ1) is 18.2. The average molecular weight is 372 g/mol. The van der Waals surface area contributed by atoms with E-state index in [0.29, 0.717) is 6.42 Å². The molecule has 5 heteroatoms. The number of carbonyl (C=O) groups is 1. The van der Waals surface area contributed by atoms with E-state index in [1.165, 1.54) is 5.39 Å². The number of para-hydroxylation sites is 1. The summed E-state index contributed by atoms with van der Waals surface area (Å²) >= 11 is 0. The predicted octanol–water partition coefficient (Wildman–Crippen LogP) is 4.49. The smallest absolute Gasteiger partial charge is 0.226 e. The normalized spacial score (nSPS) is 13.0. The number of fused-ring (bicyclic) bond motifs is 2. The van der Waals surface area contributed by atoms with E-state index in [-0.39, 0.29) is 17.5 Å². The molecule has 142 valence electrons. The summed E-state index contributed by atoms with van der Waals surface area (Å²) in [5.74, 6) is -0.0326. The SMILES string of the molecule is CC(C)(C)C(NC(=O)Cc1ccc2ccccc2c1)n1nnc2ccccc21. The van der Waals surface area contributed by atoms with Crippen molar-refractivity contribution < 1.29 is 4.79 Å². The quantitative estimate of drug-likeness (QED) is 0.574. The molecule has 0 aliphatic heterocycles. The van der Waals surface area contributed by atoms with Crippen LogP contribution in [0.3, 0.4) is 0 Å². The molecule has 0 bridgehead atoms. The van der Waals surface area contributed by atoms with Gasteiger partial charge in [-0.05, 0) is 28.5 Å². The predicted molar refractivity (Wildman–Crippen MR) is 112 cm³/mol. The summed E-state index contributed by atoms with van der Waals surface area (Å²) < 4.78 is 1.81. The van der Waals surface area contributed by atoms with E-state index >= 15 is 0 Å². The number of nitrogens with zero attached hydrogens (tertiary/aromatic N) is 3. The number of aromatic nitrogens is 3. The van der Waals surface area contributed by atoms with Crippen LogP contribution in [0.2, 0.25) is 0 Å². The number of hydrogen-bond acceptors (Lipinski definition) is 3. The lowest BCUT2D eigenvalue weighted by Gasteiger charge is -2.31. The second kappa shape index (κ2) is 7.08. The first-order valence-corrected chi connectivity index (χ1v) is 9.49. The Bertz CT molecular complexity index is 1140. The van der Waals surface area contributed by atoms with Gasteiger partial charge in [0, 0.05) is 5.41 Å². The van der Waals surface area contributed by atoms with Gasteiger partial charge >= 0.3 is 0 Å². The molecule has 0 radical (unpaired) electrons. The molecule has 4 aromatic rings. The van der Waals surface area contributed by atoms with Gasteiger partial charge in [-0.3, -0.25) is 4.79 Å². The maximum atomic E-state index is 12.9. The van der Waals surface area contributed by atoms with Crippen LogP contribution in [0, 0.1) is 5.41 Å². The fourth-order valence-electron chi connectivity index (χ4n) is 3.46. The van der Waals surface area contributed by atoms with Crippen molar-refractivity contribution in [1.29, 1.82) is 0 Å². The molecule has 28 heavy (non-hydrogen) atoms. The third-order valence-electron chi connectivity index (χ3n) is 4.92. The lowest BCUT2D eigenvalue weighted by molar-refractivity contribution is -0.123. The minimum absolute atomic E-state index is 0.0326. The molecule has 0 fully saturated rings. The zero-order chi connectivity index (χ0) is 19.7. The number of benzene rings is 3. The summed E-state index contributed by atoms with van der Waals surface area (Å²) in [6, 6.07) is 22.1. The lowest BCUT2D eigenvalue weighted by Crippen LogP contribution is -2.41. The number of nitrogens with one attached hydrogen (secondary N) is 1. The molecule has 1 heterocycles. The topological polar surface area (TPSA) is 59.8 Å². The number of carbonyl (C=O) groups excluding carboxylic acids is 1. The van der Waals surface area contributed by atoms with Gasteiger partial charge in [-0.15, -0.1) is 5.10 Å². The van der Waals surface area contributed by atoms with Gasteiger partial charge < -0.3 is 5.32 Å². The summed E-state index contributed by atoms with van der Waals surface area (Å²) in [7, 11) is 0. The minimum Gasteiger partial charge on any atom is -0.333 e. The molecule has 4 rings (SSSR count). The summed E-state index contributed by atoms with van der Waals surface area (Å²) in [6.45, 7) is 6.26. The highest BCUT2D eigenvalue weighted by atomic mass is 16.1.